The molecule has 0 aliphatic heterocycles. The maximum Gasteiger partial charge on any atom is 0.302 e. The van der Waals surface area contributed by atoms with Crippen LogP contribution in [-0.4, -0.2) is 23.8 Å². The van der Waals surface area contributed by atoms with Gasteiger partial charge >= 0.3 is 5.97 Å². The van der Waals surface area contributed by atoms with Crippen molar-refractivity contribution in [2.75, 3.05) is 6.61 Å². The summed E-state index contributed by atoms with van der Waals surface area (Å²) in [7, 11) is 0. The predicted molar refractivity (Wildman–Crippen MR) is 95.7 cm³/mol. The van der Waals surface area contributed by atoms with E-state index in [1.807, 2.05) is 0 Å². The Morgan fingerprint density at radius 2 is 1.84 bits per heavy atom. The molecule has 6 aliphatic rings. The molecule has 1 N–H and O–H groups in total. The second-order valence-electron chi connectivity index (χ2n) is 11.1. The van der Waals surface area contributed by atoms with Gasteiger partial charge in [0.25, 0.3) is 0 Å². The van der Waals surface area contributed by atoms with E-state index in [9.17, 15) is 9.90 Å². The fourth-order valence-electron chi connectivity index (χ4n) is 9.24. The third kappa shape index (κ3) is 1.79. The molecular weight excluding hydrogens is 312 g/mol. The fourth-order valence-corrected chi connectivity index (χ4v) is 9.24. The van der Waals surface area contributed by atoms with Crippen LogP contribution in [0.3, 0.4) is 0 Å². The molecule has 0 radical (unpaired) electrons. The summed E-state index contributed by atoms with van der Waals surface area (Å²) in [6.07, 6.45) is 8.86. The molecule has 0 aromatic rings. The van der Waals surface area contributed by atoms with Crippen LogP contribution in [-0.2, 0) is 9.53 Å². The molecule has 0 aromatic heterocycles. The summed E-state index contributed by atoms with van der Waals surface area (Å²) >= 11 is 0. The highest BCUT2D eigenvalue weighted by molar-refractivity contribution is 5.66. The molecule has 0 amide bonds. The SMILES string of the molecule is CC(=O)O[C@@H]1CC[C@]2(C)C(CC[C@@]34C[C@H]5[C@@H](C[C@H]32)[C@]5(C)C4)[C@]1(C)CO. The number of hydrogen-bond acceptors (Lipinski definition) is 3. The average Bonchev–Trinajstić information content (AvgIpc) is 3.00. The predicted octanol–water partition coefficient (Wildman–Crippen LogP) is 4.18. The van der Waals surface area contributed by atoms with Gasteiger partial charge in [-0.25, -0.2) is 0 Å². The normalized spacial score (nSPS) is 61.2. The molecule has 1 spiro atoms. The highest BCUT2D eigenvalue weighted by atomic mass is 16.5. The Bertz CT molecular complexity index is 631. The fraction of sp³-hybridized carbons (Fsp3) is 0.955. The molecule has 4 bridgehead atoms. The van der Waals surface area contributed by atoms with E-state index in [1.165, 1.54) is 39.0 Å². The van der Waals surface area contributed by atoms with E-state index >= 15 is 0 Å². The lowest BCUT2D eigenvalue weighted by atomic mass is 9.39. The van der Waals surface area contributed by atoms with Gasteiger partial charge in [0.15, 0.2) is 0 Å². The van der Waals surface area contributed by atoms with Gasteiger partial charge in [0.1, 0.15) is 6.10 Å². The lowest BCUT2D eigenvalue weighted by Crippen LogP contribution is -2.62. The maximum atomic E-state index is 11.6. The lowest BCUT2D eigenvalue weighted by Gasteiger charge is -2.66. The summed E-state index contributed by atoms with van der Waals surface area (Å²) < 4.78 is 5.71. The van der Waals surface area contributed by atoms with Crippen molar-refractivity contribution in [2.45, 2.75) is 78.7 Å². The van der Waals surface area contributed by atoms with Gasteiger partial charge in [-0.3, -0.25) is 4.79 Å². The topological polar surface area (TPSA) is 46.5 Å². The number of esters is 1. The summed E-state index contributed by atoms with van der Waals surface area (Å²) in [5.74, 6) is 3.08. The van der Waals surface area contributed by atoms with E-state index in [1.54, 1.807) is 0 Å². The van der Waals surface area contributed by atoms with Gasteiger partial charge < -0.3 is 9.84 Å². The third-order valence-electron chi connectivity index (χ3n) is 10.3. The van der Waals surface area contributed by atoms with Crippen molar-refractivity contribution in [1.29, 1.82) is 0 Å². The first-order chi connectivity index (χ1) is 11.7. The Morgan fingerprint density at radius 1 is 1.08 bits per heavy atom. The molecule has 0 saturated heterocycles. The lowest BCUT2D eigenvalue weighted by molar-refractivity contribution is -0.216. The first-order valence-corrected chi connectivity index (χ1v) is 10.5. The third-order valence-corrected chi connectivity index (χ3v) is 10.3. The molecule has 9 atom stereocenters. The van der Waals surface area contributed by atoms with Gasteiger partial charge in [-0.2, -0.15) is 0 Å². The summed E-state index contributed by atoms with van der Waals surface area (Å²) in [5.41, 5.74) is 1.29. The van der Waals surface area contributed by atoms with E-state index in [4.69, 9.17) is 4.74 Å². The summed E-state index contributed by atoms with van der Waals surface area (Å²) in [6, 6.07) is 0. The van der Waals surface area contributed by atoms with E-state index < -0.39 is 0 Å². The first-order valence-electron chi connectivity index (χ1n) is 10.5. The van der Waals surface area contributed by atoms with Crippen molar-refractivity contribution >= 4 is 5.97 Å². The molecule has 140 valence electrons. The van der Waals surface area contributed by atoms with Crippen molar-refractivity contribution in [2.24, 2.45) is 45.3 Å². The average molecular weight is 347 g/mol. The van der Waals surface area contributed by atoms with Crippen molar-refractivity contribution in [1.82, 2.24) is 0 Å². The Kier molecular flexibility index (Phi) is 3.08. The van der Waals surface area contributed by atoms with Crippen LogP contribution >= 0.6 is 0 Å². The number of hydrogen-bond donors (Lipinski definition) is 1. The van der Waals surface area contributed by atoms with Gasteiger partial charge in [-0.1, -0.05) is 20.8 Å². The minimum absolute atomic E-state index is 0.119. The van der Waals surface area contributed by atoms with Crippen LogP contribution in [0.2, 0.25) is 0 Å². The largest absolute Gasteiger partial charge is 0.462 e. The van der Waals surface area contributed by atoms with Gasteiger partial charge in [0.2, 0.25) is 0 Å². The summed E-state index contributed by atoms with van der Waals surface area (Å²) in [4.78, 5) is 11.6. The van der Waals surface area contributed by atoms with Crippen molar-refractivity contribution < 1.29 is 14.6 Å². The van der Waals surface area contributed by atoms with Crippen LogP contribution in [0.5, 0.6) is 0 Å². The smallest absolute Gasteiger partial charge is 0.302 e. The standard InChI is InChI=1S/C22H34O3/c1-13(24)25-18-6-7-19(2)16(21(18,4)12-23)5-8-22-10-15-14(9-17(19)22)20(15,3)11-22/h14-18,23H,5-12H2,1-4H3/t14-,15+,16?,17+,18-,19-,20+,21+,22+/m1/s1. The molecule has 1 unspecified atom stereocenters. The maximum absolute atomic E-state index is 11.6. The van der Waals surface area contributed by atoms with Crippen LogP contribution in [0.4, 0.5) is 0 Å². The molecule has 6 fully saturated rings. The Hall–Kier alpha value is -0.570. The van der Waals surface area contributed by atoms with Crippen LogP contribution in [0.15, 0.2) is 0 Å². The molecule has 0 heterocycles. The minimum atomic E-state index is -0.284. The van der Waals surface area contributed by atoms with E-state index in [-0.39, 0.29) is 24.1 Å². The number of fused-ring (bicyclic) bond motifs is 1. The highest BCUT2D eigenvalue weighted by Gasteiger charge is 2.78. The number of aliphatic hydroxyl groups excluding tert-OH is 1. The number of carbonyl (C=O) groups is 1. The van der Waals surface area contributed by atoms with E-state index in [2.05, 4.69) is 20.8 Å². The van der Waals surface area contributed by atoms with Crippen LogP contribution < -0.4 is 0 Å². The van der Waals surface area contributed by atoms with Gasteiger partial charge in [-0.15, -0.1) is 0 Å². The van der Waals surface area contributed by atoms with Crippen LogP contribution in [0.25, 0.3) is 0 Å². The molecule has 25 heavy (non-hydrogen) atoms. The monoisotopic (exact) mass is 346 g/mol. The van der Waals surface area contributed by atoms with E-state index in [0.717, 1.165) is 30.6 Å². The quantitative estimate of drug-likeness (QED) is 0.763. The molecular formula is C22H34O3. The zero-order valence-corrected chi connectivity index (χ0v) is 16.3. The van der Waals surface area contributed by atoms with E-state index in [0.29, 0.717) is 22.2 Å². The Labute approximate surface area is 151 Å². The van der Waals surface area contributed by atoms with Gasteiger partial charge in [0.05, 0.1) is 6.61 Å². The highest BCUT2D eigenvalue weighted by Crippen LogP contribution is 2.85. The Morgan fingerprint density at radius 3 is 2.44 bits per heavy atom. The van der Waals surface area contributed by atoms with Crippen LogP contribution in [0.1, 0.15) is 72.6 Å². The molecule has 0 aromatic carbocycles. The second-order valence-corrected chi connectivity index (χ2v) is 11.1. The van der Waals surface area contributed by atoms with Crippen molar-refractivity contribution in [3.63, 3.8) is 0 Å². The Balaban J connectivity index is 1.50. The molecule has 6 aliphatic carbocycles. The number of ether oxygens (including phenoxy) is 1. The summed E-state index contributed by atoms with van der Waals surface area (Å²) in [5, 5.41) is 10.4. The van der Waals surface area contributed by atoms with Crippen LogP contribution in [0, 0.1) is 45.3 Å². The van der Waals surface area contributed by atoms with Crippen molar-refractivity contribution in [3.8, 4) is 0 Å². The van der Waals surface area contributed by atoms with Crippen molar-refractivity contribution in [3.05, 3.63) is 0 Å². The summed E-state index contributed by atoms with van der Waals surface area (Å²) in [6.45, 7) is 8.91. The zero-order valence-electron chi connectivity index (χ0n) is 16.3. The minimum Gasteiger partial charge on any atom is -0.462 e. The molecule has 3 heteroatoms. The zero-order chi connectivity index (χ0) is 17.8. The number of rotatable bonds is 2. The second kappa shape index (κ2) is 4.64. The van der Waals surface area contributed by atoms with Gasteiger partial charge in [-0.05, 0) is 84.9 Å². The molecule has 6 saturated carbocycles. The molecule has 3 nitrogen and oxygen atoms in total. The molecule has 6 rings (SSSR count). The number of carbonyl (C=O) groups excluding carboxylic acids is 1. The number of aliphatic hydroxyl groups is 1. The first kappa shape index (κ1) is 16.6. The van der Waals surface area contributed by atoms with Gasteiger partial charge in [0, 0.05) is 12.3 Å².